The first-order chi connectivity index (χ1) is 14.0. The van der Waals surface area contributed by atoms with Gasteiger partial charge in [-0.3, -0.25) is 5.10 Å². The van der Waals surface area contributed by atoms with Gasteiger partial charge in [0.2, 0.25) is 5.95 Å². The molecule has 1 atom stereocenters. The third-order valence-electron chi connectivity index (χ3n) is 4.04. The van der Waals surface area contributed by atoms with E-state index in [0.29, 0.717) is 22.6 Å². The van der Waals surface area contributed by atoms with Gasteiger partial charge >= 0.3 is 0 Å². The van der Waals surface area contributed by atoms with Gasteiger partial charge in [0.05, 0.1) is 22.5 Å². The van der Waals surface area contributed by atoms with Crippen LogP contribution in [0.1, 0.15) is 0 Å². The second-order valence-corrected chi connectivity index (χ2v) is 7.17. The Morgan fingerprint density at radius 3 is 2.79 bits per heavy atom. The summed E-state index contributed by atoms with van der Waals surface area (Å²) >= 11 is 0. The Morgan fingerprint density at radius 2 is 1.97 bits per heavy atom. The lowest BCUT2D eigenvalue weighted by atomic mass is 10.1. The molecule has 4 N–H and O–H groups in total. The minimum Gasteiger partial charge on any atom is -0.368 e. The zero-order chi connectivity index (χ0) is 20.4. The molecular formula is C19H14F2N6OS. The Morgan fingerprint density at radius 1 is 1.10 bits per heavy atom. The molecule has 10 heteroatoms. The van der Waals surface area contributed by atoms with Crippen LogP contribution in [0.3, 0.4) is 0 Å². The first-order valence-corrected chi connectivity index (χ1v) is 9.52. The first kappa shape index (κ1) is 18.7. The minimum absolute atomic E-state index is 0.137. The van der Waals surface area contributed by atoms with E-state index >= 15 is 0 Å². The smallest absolute Gasteiger partial charge is 0.220 e. The maximum absolute atomic E-state index is 13.9. The molecule has 2 aromatic heterocycles. The van der Waals surface area contributed by atoms with Gasteiger partial charge in [0, 0.05) is 23.0 Å². The van der Waals surface area contributed by atoms with Crippen molar-refractivity contribution in [1.29, 1.82) is 0 Å². The zero-order valence-corrected chi connectivity index (χ0v) is 15.6. The molecule has 4 rings (SSSR count). The van der Waals surface area contributed by atoms with Gasteiger partial charge in [-0.2, -0.15) is 5.10 Å². The highest BCUT2D eigenvalue weighted by Crippen LogP contribution is 2.30. The normalized spacial score (nSPS) is 11.9. The second kappa shape index (κ2) is 7.76. The molecule has 7 nitrogen and oxygen atoms in total. The fourth-order valence-electron chi connectivity index (χ4n) is 2.74. The molecule has 0 aliphatic rings. The van der Waals surface area contributed by atoms with Gasteiger partial charge in [-0.05, 0) is 36.4 Å². The van der Waals surface area contributed by atoms with E-state index in [-0.39, 0.29) is 10.8 Å². The van der Waals surface area contributed by atoms with Gasteiger partial charge in [0.1, 0.15) is 11.6 Å². The van der Waals surface area contributed by atoms with E-state index in [0.717, 1.165) is 23.8 Å². The number of nitrogens with one attached hydrogen (secondary N) is 2. The number of aromatic nitrogens is 4. The molecule has 1 unspecified atom stereocenters. The van der Waals surface area contributed by atoms with Crippen LogP contribution in [0.4, 0.5) is 20.4 Å². The summed E-state index contributed by atoms with van der Waals surface area (Å²) < 4.78 is 42.4. The Kier molecular flexibility index (Phi) is 5.00. The number of rotatable bonds is 5. The Bertz CT molecular complexity index is 1210. The number of benzene rings is 2. The van der Waals surface area contributed by atoms with E-state index in [1.807, 2.05) is 6.07 Å². The van der Waals surface area contributed by atoms with Crippen molar-refractivity contribution in [2.24, 2.45) is 0 Å². The molecular weight excluding hydrogens is 398 g/mol. The monoisotopic (exact) mass is 412 g/mol. The van der Waals surface area contributed by atoms with Crippen molar-refractivity contribution >= 4 is 22.6 Å². The van der Waals surface area contributed by atoms with E-state index in [1.165, 1.54) is 0 Å². The molecule has 0 bridgehead atoms. The number of nitrogens with two attached hydrogens (primary N) is 1. The molecule has 0 aliphatic heterocycles. The number of hydrogen-bond donors (Lipinski definition) is 3. The fraction of sp³-hybridized carbons (Fsp3) is 0. The van der Waals surface area contributed by atoms with Crippen LogP contribution in [-0.4, -0.2) is 24.4 Å². The van der Waals surface area contributed by atoms with Crippen molar-refractivity contribution in [3.8, 4) is 22.5 Å². The van der Waals surface area contributed by atoms with Gasteiger partial charge in [-0.25, -0.2) is 23.0 Å². The summed E-state index contributed by atoms with van der Waals surface area (Å²) in [5, 5.41) is 6.97. The van der Waals surface area contributed by atoms with Crippen LogP contribution in [0.5, 0.6) is 0 Å². The molecule has 0 radical (unpaired) electrons. The Balaban J connectivity index is 1.65. The molecule has 0 fully saturated rings. The first-order valence-electron chi connectivity index (χ1n) is 8.37. The summed E-state index contributed by atoms with van der Waals surface area (Å²) in [6.07, 6.45) is 3.15. The van der Waals surface area contributed by atoms with Crippen LogP contribution in [0, 0.1) is 11.6 Å². The van der Waals surface area contributed by atoms with E-state index in [2.05, 4.69) is 24.9 Å². The van der Waals surface area contributed by atoms with Crippen LogP contribution in [-0.2, 0) is 11.0 Å². The summed E-state index contributed by atoms with van der Waals surface area (Å²) in [6, 6.07) is 11.4. The average Bonchev–Trinajstić information content (AvgIpc) is 3.20. The average molecular weight is 412 g/mol. The predicted molar refractivity (Wildman–Crippen MR) is 106 cm³/mol. The number of halogens is 2. The molecule has 0 spiro atoms. The topological polar surface area (TPSA) is 110 Å². The van der Waals surface area contributed by atoms with Crippen LogP contribution in [0.15, 0.2) is 65.8 Å². The third kappa shape index (κ3) is 3.97. The number of nitrogens with zero attached hydrogens (tertiary/aromatic N) is 3. The van der Waals surface area contributed by atoms with E-state index in [4.69, 9.17) is 5.73 Å². The highest BCUT2D eigenvalue weighted by molar-refractivity contribution is 7.86. The maximum Gasteiger partial charge on any atom is 0.220 e. The molecule has 2 aromatic carbocycles. The van der Waals surface area contributed by atoms with Gasteiger partial charge in [0.15, 0.2) is 11.0 Å². The van der Waals surface area contributed by atoms with Crippen LogP contribution < -0.4 is 10.5 Å². The summed E-state index contributed by atoms with van der Waals surface area (Å²) in [6.45, 7) is 0. The zero-order valence-electron chi connectivity index (χ0n) is 14.8. The number of nitrogen functional groups attached to an aromatic ring is 1. The van der Waals surface area contributed by atoms with Crippen molar-refractivity contribution in [2.75, 3.05) is 10.5 Å². The number of anilines is 2. The van der Waals surface area contributed by atoms with Crippen molar-refractivity contribution < 1.29 is 13.0 Å². The quantitative estimate of drug-likeness (QED) is 0.465. The van der Waals surface area contributed by atoms with Crippen molar-refractivity contribution in [3.63, 3.8) is 0 Å². The molecule has 146 valence electrons. The van der Waals surface area contributed by atoms with Crippen LogP contribution >= 0.6 is 0 Å². The van der Waals surface area contributed by atoms with E-state index in [1.54, 1.807) is 36.7 Å². The molecule has 0 amide bonds. The van der Waals surface area contributed by atoms with Crippen molar-refractivity contribution in [3.05, 3.63) is 72.6 Å². The van der Waals surface area contributed by atoms with Crippen LogP contribution in [0.25, 0.3) is 22.5 Å². The fourth-order valence-corrected chi connectivity index (χ4v) is 3.66. The van der Waals surface area contributed by atoms with Crippen molar-refractivity contribution in [2.45, 2.75) is 4.90 Å². The van der Waals surface area contributed by atoms with Crippen LogP contribution in [0.2, 0.25) is 0 Å². The maximum atomic E-state index is 13.9. The Labute approximate surface area is 166 Å². The summed E-state index contributed by atoms with van der Waals surface area (Å²) in [5.41, 5.74) is 8.78. The molecule has 2 heterocycles. The standard InChI is InChI=1S/C19H14F2N6OS/c20-12-4-5-15(21)17(9-12)29(28)27-13-3-1-2-11(8-13)18-14(10-24-26-18)16-6-7-23-19(22)25-16/h1-10,27H,(H,24,26)(H2,22,23,25). The second-order valence-electron chi connectivity index (χ2n) is 5.99. The van der Waals surface area contributed by atoms with Gasteiger partial charge < -0.3 is 10.5 Å². The predicted octanol–water partition coefficient (Wildman–Crippen LogP) is 3.53. The van der Waals surface area contributed by atoms with Gasteiger partial charge in [-0.1, -0.05) is 12.1 Å². The lowest BCUT2D eigenvalue weighted by molar-refractivity contribution is 0.572. The molecule has 0 saturated heterocycles. The third-order valence-corrected chi connectivity index (χ3v) is 5.18. The molecule has 29 heavy (non-hydrogen) atoms. The lowest BCUT2D eigenvalue weighted by Crippen LogP contribution is -2.07. The number of aromatic amines is 1. The lowest BCUT2D eigenvalue weighted by Gasteiger charge is -2.09. The summed E-state index contributed by atoms with van der Waals surface area (Å²) in [5.74, 6) is -1.29. The number of H-pyrrole nitrogens is 1. The van der Waals surface area contributed by atoms with E-state index in [9.17, 15) is 13.0 Å². The summed E-state index contributed by atoms with van der Waals surface area (Å²) in [7, 11) is -1.98. The highest BCUT2D eigenvalue weighted by atomic mass is 32.2. The SMILES string of the molecule is Nc1nccc(-c2cn[nH]c2-c2cccc(NS(=O)c3cc(F)ccc3F)c2)n1. The van der Waals surface area contributed by atoms with Gasteiger partial charge in [0.25, 0.3) is 0 Å². The molecule has 4 aromatic rings. The number of hydrogen-bond acceptors (Lipinski definition) is 5. The highest BCUT2D eigenvalue weighted by Gasteiger charge is 2.14. The summed E-state index contributed by atoms with van der Waals surface area (Å²) in [4.78, 5) is 7.80. The molecule has 0 saturated carbocycles. The minimum atomic E-state index is -1.98. The largest absolute Gasteiger partial charge is 0.368 e. The van der Waals surface area contributed by atoms with Gasteiger partial charge in [-0.15, -0.1) is 0 Å². The molecule has 0 aliphatic carbocycles. The Hall–Kier alpha value is -3.66. The van der Waals surface area contributed by atoms with E-state index < -0.39 is 22.6 Å². The van der Waals surface area contributed by atoms with Crippen molar-refractivity contribution in [1.82, 2.24) is 20.2 Å².